The van der Waals surface area contributed by atoms with Crippen LogP contribution in [0.15, 0.2) is 48.8 Å². The summed E-state index contributed by atoms with van der Waals surface area (Å²) in [5.74, 6) is -2.14. The van der Waals surface area contributed by atoms with Gasteiger partial charge in [0.25, 0.3) is 5.91 Å². The summed E-state index contributed by atoms with van der Waals surface area (Å²) in [5, 5.41) is 16.6. The third-order valence-corrected chi connectivity index (χ3v) is 5.94. The highest BCUT2D eigenvalue weighted by Gasteiger charge is 2.24. The van der Waals surface area contributed by atoms with E-state index in [1.54, 1.807) is 48.5 Å². The number of aryl methyl sites for hydroxylation is 1. The molecule has 9 heteroatoms. The number of H-pyrrole nitrogens is 1. The van der Waals surface area contributed by atoms with E-state index in [4.69, 9.17) is 5.26 Å². The predicted octanol–water partition coefficient (Wildman–Crippen LogP) is 3.80. The summed E-state index contributed by atoms with van der Waals surface area (Å²) in [6.07, 6.45) is 5.91. The van der Waals surface area contributed by atoms with Crippen molar-refractivity contribution in [1.29, 1.82) is 5.26 Å². The van der Waals surface area contributed by atoms with Gasteiger partial charge in [-0.05, 0) is 30.2 Å². The SMILES string of the molecule is Cn1cc(-c2ccc(-c3ccc4[nH]c(C(=O)N[C@@H]5CCN(C#N)C5)cc4c3)c(F)c2F)cn1. The molecule has 2 aromatic heterocycles. The number of aromatic nitrogens is 3. The highest BCUT2D eigenvalue weighted by molar-refractivity contribution is 5.99. The number of amides is 1. The van der Waals surface area contributed by atoms with Crippen molar-refractivity contribution in [2.75, 3.05) is 13.1 Å². The number of carbonyl (C=O) groups is 1. The molecular weight excluding hydrogens is 426 g/mol. The van der Waals surface area contributed by atoms with Crippen molar-refractivity contribution >= 4 is 16.8 Å². The zero-order valence-corrected chi connectivity index (χ0v) is 17.8. The number of nitriles is 1. The molecule has 1 aliphatic heterocycles. The number of likely N-dealkylation sites (tertiary alicyclic amines) is 1. The number of fused-ring (bicyclic) bond motifs is 1. The Labute approximate surface area is 188 Å². The lowest BCUT2D eigenvalue weighted by atomic mass is 9.99. The Morgan fingerprint density at radius 2 is 1.94 bits per heavy atom. The third-order valence-electron chi connectivity index (χ3n) is 5.94. The zero-order valence-electron chi connectivity index (χ0n) is 17.8. The predicted molar refractivity (Wildman–Crippen MR) is 119 cm³/mol. The van der Waals surface area contributed by atoms with Gasteiger partial charge in [-0.15, -0.1) is 0 Å². The molecule has 1 amide bonds. The van der Waals surface area contributed by atoms with Crippen molar-refractivity contribution < 1.29 is 13.6 Å². The van der Waals surface area contributed by atoms with E-state index in [2.05, 4.69) is 21.6 Å². The van der Waals surface area contributed by atoms with Gasteiger partial charge in [0.15, 0.2) is 17.8 Å². The molecule has 2 N–H and O–H groups in total. The number of rotatable bonds is 4. The minimum Gasteiger partial charge on any atom is -0.351 e. The fourth-order valence-corrected chi connectivity index (χ4v) is 4.21. The Morgan fingerprint density at radius 3 is 2.61 bits per heavy atom. The Kier molecular flexibility index (Phi) is 5.05. The van der Waals surface area contributed by atoms with Crippen molar-refractivity contribution in [1.82, 2.24) is 25.0 Å². The van der Waals surface area contributed by atoms with Crippen molar-refractivity contribution in [3.63, 3.8) is 0 Å². The quantitative estimate of drug-likeness (QED) is 0.467. The third kappa shape index (κ3) is 3.80. The van der Waals surface area contributed by atoms with Crippen LogP contribution in [0.2, 0.25) is 0 Å². The number of hydrogen-bond acceptors (Lipinski definition) is 4. The molecule has 0 saturated carbocycles. The van der Waals surface area contributed by atoms with Gasteiger partial charge in [-0.2, -0.15) is 10.4 Å². The molecule has 4 aromatic rings. The van der Waals surface area contributed by atoms with Crippen molar-refractivity contribution in [3.8, 4) is 28.4 Å². The first kappa shape index (κ1) is 20.7. The number of aromatic amines is 1. The summed E-state index contributed by atoms with van der Waals surface area (Å²) in [4.78, 5) is 17.3. The van der Waals surface area contributed by atoms with Crippen LogP contribution in [-0.2, 0) is 7.05 Å². The fraction of sp³-hybridized carbons (Fsp3) is 0.208. The summed E-state index contributed by atoms with van der Waals surface area (Å²) in [7, 11) is 1.71. The van der Waals surface area contributed by atoms with E-state index in [9.17, 15) is 13.6 Å². The lowest BCUT2D eigenvalue weighted by Crippen LogP contribution is -2.36. The molecule has 0 unspecified atom stereocenters. The van der Waals surface area contributed by atoms with Gasteiger partial charge in [-0.3, -0.25) is 9.48 Å². The molecule has 166 valence electrons. The van der Waals surface area contributed by atoms with E-state index in [1.165, 1.54) is 16.9 Å². The van der Waals surface area contributed by atoms with Gasteiger partial charge in [0.1, 0.15) is 5.69 Å². The first-order valence-electron chi connectivity index (χ1n) is 10.5. The molecule has 3 heterocycles. The monoisotopic (exact) mass is 446 g/mol. The molecule has 1 atom stereocenters. The van der Waals surface area contributed by atoms with E-state index in [0.29, 0.717) is 47.2 Å². The number of nitrogens with one attached hydrogen (secondary N) is 2. The van der Waals surface area contributed by atoms with Gasteiger partial charge in [-0.1, -0.05) is 18.2 Å². The molecule has 33 heavy (non-hydrogen) atoms. The van der Waals surface area contributed by atoms with Crippen LogP contribution >= 0.6 is 0 Å². The fourth-order valence-electron chi connectivity index (χ4n) is 4.21. The van der Waals surface area contributed by atoms with E-state index in [1.807, 2.05) is 0 Å². The zero-order chi connectivity index (χ0) is 23.1. The second kappa shape index (κ2) is 8.06. The van der Waals surface area contributed by atoms with E-state index in [-0.39, 0.29) is 23.1 Å². The van der Waals surface area contributed by atoms with Crippen LogP contribution < -0.4 is 5.32 Å². The highest BCUT2D eigenvalue weighted by atomic mass is 19.2. The Bertz CT molecular complexity index is 1420. The minimum absolute atomic E-state index is 0.0884. The minimum atomic E-state index is -0.938. The second-order valence-electron chi connectivity index (χ2n) is 8.18. The molecule has 0 spiro atoms. The van der Waals surface area contributed by atoms with Crippen molar-refractivity contribution in [2.24, 2.45) is 7.05 Å². The molecule has 0 bridgehead atoms. The van der Waals surface area contributed by atoms with Gasteiger partial charge < -0.3 is 15.2 Å². The first-order valence-corrected chi connectivity index (χ1v) is 10.5. The second-order valence-corrected chi connectivity index (χ2v) is 8.18. The maximum atomic E-state index is 15.0. The van der Waals surface area contributed by atoms with E-state index >= 15 is 0 Å². The molecule has 1 aliphatic rings. The Balaban J connectivity index is 1.41. The van der Waals surface area contributed by atoms with Gasteiger partial charge >= 0.3 is 0 Å². The van der Waals surface area contributed by atoms with Crippen LogP contribution in [0, 0.1) is 23.1 Å². The summed E-state index contributed by atoms with van der Waals surface area (Å²) < 4.78 is 31.3. The molecule has 1 fully saturated rings. The largest absolute Gasteiger partial charge is 0.351 e. The standard InChI is InChI=1S/C24H20F2N6O/c1-31-11-16(10-28-31)19-4-3-18(22(25)23(19)26)14-2-5-20-15(8-14)9-21(30-20)24(33)29-17-6-7-32(12-17)13-27/h2-5,8-11,17,30H,6-7,12H2,1H3,(H,29,33)/t17-/m1/s1. The van der Waals surface area contributed by atoms with E-state index < -0.39 is 11.6 Å². The molecule has 0 aliphatic carbocycles. The topological polar surface area (TPSA) is 89.7 Å². The Hall–Kier alpha value is -4.19. The molecule has 0 radical (unpaired) electrons. The molecular formula is C24H20F2N6O. The highest BCUT2D eigenvalue weighted by Crippen LogP contribution is 2.32. The molecule has 2 aromatic carbocycles. The smallest absolute Gasteiger partial charge is 0.268 e. The average molecular weight is 446 g/mol. The average Bonchev–Trinajstić information content (AvgIpc) is 3.54. The first-order chi connectivity index (χ1) is 15.9. The Morgan fingerprint density at radius 1 is 1.18 bits per heavy atom. The molecule has 1 saturated heterocycles. The van der Waals surface area contributed by atoms with Gasteiger partial charge in [-0.25, -0.2) is 8.78 Å². The van der Waals surface area contributed by atoms with Crippen LogP contribution in [0.4, 0.5) is 8.78 Å². The van der Waals surface area contributed by atoms with Gasteiger partial charge in [0.05, 0.1) is 6.20 Å². The number of nitrogens with zero attached hydrogens (tertiary/aromatic N) is 4. The molecule has 5 rings (SSSR count). The lowest BCUT2D eigenvalue weighted by molar-refractivity contribution is 0.0934. The number of carbonyl (C=O) groups excluding carboxylic acids is 1. The van der Waals surface area contributed by atoms with Gasteiger partial charge in [0.2, 0.25) is 0 Å². The maximum Gasteiger partial charge on any atom is 0.268 e. The van der Waals surface area contributed by atoms with Crippen molar-refractivity contribution in [2.45, 2.75) is 12.5 Å². The number of halogens is 2. The summed E-state index contributed by atoms with van der Waals surface area (Å²) >= 11 is 0. The normalized spacial score (nSPS) is 15.7. The molecule has 7 nitrogen and oxygen atoms in total. The maximum absolute atomic E-state index is 15.0. The number of benzene rings is 2. The van der Waals surface area contributed by atoms with Crippen LogP contribution in [-0.4, -0.2) is 44.7 Å². The van der Waals surface area contributed by atoms with E-state index in [0.717, 1.165) is 0 Å². The summed E-state index contributed by atoms with van der Waals surface area (Å²) in [5.41, 5.74) is 2.36. The van der Waals surface area contributed by atoms with Crippen LogP contribution in [0.25, 0.3) is 33.2 Å². The van der Waals surface area contributed by atoms with Crippen LogP contribution in [0.5, 0.6) is 0 Å². The summed E-state index contributed by atoms with van der Waals surface area (Å²) in [6, 6.07) is 9.82. The van der Waals surface area contributed by atoms with Crippen molar-refractivity contribution in [3.05, 3.63) is 66.1 Å². The van der Waals surface area contributed by atoms with Crippen LogP contribution in [0.3, 0.4) is 0 Å². The number of hydrogen-bond donors (Lipinski definition) is 2. The lowest BCUT2D eigenvalue weighted by Gasteiger charge is -2.11. The van der Waals surface area contributed by atoms with Crippen LogP contribution in [0.1, 0.15) is 16.9 Å². The summed E-state index contributed by atoms with van der Waals surface area (Å²) in [6.45, 7) is 1.12. The van der Waals surface area contributed by atoms with Gasteiger partial charge in [0, 0.05) is 60.0 Å².